The van der Waals surface area contributed by atoms with E-state index in [9.17, 15) is 18.0 Å². The number of carbonyl (C=O) groups excluding carboxylic acids is 2. The SMILES string of the molecule is CN(Cc1ccccc1)C(=O)[C@@H]1CCCN(S(=O)(=O)c2ccc(N3CCCC3=O)cc2)C1. The summed E-state index contributed by atoms with van der Waals surface area (Å²) in [4.78, 5) is 28.5. The summed E-state index contributed by atoms with van der Waals surface area (Å²) in [5.41, 5.74) is 1.76. The summed E-state index contributed by atoms with van der Waals surface area (Å²) in [6.07, 6.45) is 2.68. The summed E-state index contributed by atoms with van der Waals surface area (Å²) in [5.74, 6) is -0.317. The maximum atomic E-state index is 13.2. The number of hydrogen-bond donors (Lipinski definition) is 0. The third kappa shape index (κ3) is 4.71. The van der Waals surface area contributed by atoms with Crippen LogP contribution in [-0.4, -0.2) is 56.1 Å². The highest BCUT2D eigenvalue weighted by molar-refractivity contribution is 7.89. The minimum atomic E-state index is -3.71. The standard InChI is InChI=1S/C24H29N3O4S/c1-25(17-19-7-3-2-4-8-19)24(29)20-9-5-15-26(18-20)32(30,31)22-13-11-21(12-14-22)27-16-6-10-23(27)28/h2-4,7-8,11-14,20H,5-6,9-10,15-18H2,1H3/t20-/m1/s1. The minimum absolute atomic E-state index is 0.0309. The highest BCUT2D eigenvalue weighted by atomic mass is 32.2. The lowest BCUT2D eigenvalue weighted by molar-refractivity contribution is -0.135. The molecule has 7 nitrogen and oxygen atoms in total. The molecule has 0 unspecified atom stereocenters. The number of amides is 2. The van der Waals surface area contributed by atoms with E-state index < -0.39 is 10.0 Å². The first-order valence-electron chi connectivity index (χ1n) is 11.1. The fraction of sp³-hybridized carbons (Fsp3) is 0.417. The van der Waals surface area contributed by atoms with E-state index in [1.807, 2.05) is 30.3 Å². The molecule has 4 rings (SSSR count). The molecule has 2 aromatic rings. The fourth-order valence-corrected chi connectivity index (χ4v) is 6.00. The van der Waals surface area contributed by atoms with Crippen molar-refractivity contribution in [2.24, 2.45) is 5.92 Å². The molecule has 2 fully saturated rings. The second-order valence-electron chi connectivity index (χ2n) is 8.52. The predicted molar refractivity (Wildman–Crippen MR) is 122 cm³/mol. The number of piperidine rings is 1. The molecule has 2 aliphatic rings. The molecule has 0 N–H and O–H groups in total. The third-order valence-electron chi connectivity index (χ3n) is 6.23. The van der Waals surface area contributed by atoms with Gasteiger partial charge < -0.3 is 9.80 Å². The van der Waals surface area contributed by atoms with E-state index >= 15 is 0 Å². The van der Waals surface area contributed by atoms with E-state index in [0.717, 1.165) is 17.7 Å². The first-order valence-corrected chi connectivity index (χ1v) is 12.5. The molecule has 32 heavy (non-hydrogen) atoms. The van der Waals surface area contributed by atoms with Gasteiger partial charge in [-0.3, -0.25) is 9.59 Å². The summed E-state index contributed by atoms with van der Waals surface area (Å²) >= 11 is 0. The quantitative estimate of drug-likeness (QED) is 0.671. The van der Waals surface area contributed by atoms with Crippen molar-refractivity contribution in [3.8, 4) is 0 Å². The van der Waals surface area contributed by atoms with Crippen LogP contribution in [0.3, 0.4) is 0 Å². The van der Waals surface area contributed by atoms with E-state index in [2.05, 4.69) is 0 Å². The Morgan fingerprint density at radius 2 is 1.75 bits per heavy atom. The van der Waals surface area contributed by atoms with Crippen LogP contribution in [0.2, 0.25) is 0 Å². The van der Waals surface area contributed by atoms with Crippen molar-refractivity contribution in [3.63, 3.8) is 0 Å². The van der Waals surface area contributed by atoms with Gasteiger partial charge in [-0.2, -0.15) is 4.31 Å². The predicted octanol–water partition coefficient (Wildman–Crippen LogP) is 2.87. The van der Waals surface area contributed by atoms with E-state index in [-0.39, 0.29) is 29.2 Å². The van der Waals surface area contributed by atoms with Crippen LogP contribution in [0.15, 0.2) is 59.5 Å². The molecule has 170 valence electrons. The summed E-state index contributed by atoms with van der Waals surface area (Å²) in [7, 11) is -1.94. The largest absolute Gasteiger partial charge is 0.341 e. The average Bonchev–Trinajstić information content (AvgIpc) is 3.25. The number of nitrogens with zero attached hydrogens (tertiary/aromatic N) is 3. The molecule has 2 saturated heterocycles. The Kier molecular flexibility index (Phi) is 6.62. The molecule has 2 aliphatic heterocycles. The van der Waals surface area contributed by atoms with Gasteiger partial charge in [0.05, 0.1) is 10.8 Å². The van der Waals surface area contributed by atoms with Gasteiger partial charge in [0.25, 0.3) is 0 Å². The van der Waals surface area contributed by atoms with Crippen LogP contribution in [0.5, 0.6) is 0 Å². The lowest BCUT2D eigenvalue weighted by Gasteiger charge is -2.33. The molecule has 0 aliphatic carbocycles. The number of hydrogen-bond acceptors (Lipinski definition) is 4. The number of sulfonamides is 1. The third-order valence-corrected chi connectivity index (χ3v) is 8.11. The fourth-order valence-electron chi connectivity index (χ4n) is 4.48. The van der Waals surface area contributed by atoms with Gasteiger partial charge in [0, 0.05) is 45.3 Å². The average molecular weight is 456 g/mol. The van der Waals surface area contributed by atoms with E-state index in [1.54, 1.807) is 41.1 Å². The molecule has 2 amide bonds. The zero-order valence-corrected chi connectivity index (χ0v) is 19.1. The van der Waals surface area contributed by atoms with Gasteiger partial charge in [-0.15, -0.1) is 0 Å². The second kappa shape index (κ2) is 9.42. The second-order valence-corrected chi connectivity index (χ2v) is 10.5. The van der Waals surface area contributed by atoms with Crippen molar-refractivity contribution in [1.29, 1.82) is 0 Å². The number of carbonyl (C=O) groups is 2. The van der Waals surface area contributed by atoms with Crippen LogP contribution in [-0.2, 0) is 26.2 Å². The molecular formula is C24H29N3O4S. The maximum absolute atomic E-state index is 13.2. The van der Waals surface area contributed by atoms with E-state index in [4.69, 9.17) is 0 Å². The van der Waals surface area contributed by atoms with Crippen LogP contribution in [0, 0.1) is 5.92 Å². The van der Waals surface area contributed by atoms with Gasteiger partial charge in [0.2, 0.25) is 21.8 Å². The Bertz CT molecular complexity index is 1070. The first kappa shape index (κ1) is 22.5. The van der Waals surface area contributed by atoms with Crippen molar-refractivity contribution < 1.29 is 18.0 Å². The summed E-state index contributed by atoms with van der Waals surface area (Å²) < 4.78 is 27.9. The topological polar surface area (TPSA) is 78.0 Å². The number of rotatable bonds is 6. The van der Waals surface area contributed by atoms with Gasteiger partial charge in [0.1, 0.15) is 0 Å². The van der Waals surface area contributed by atoms with Gasteiger partial charge in [-0.1, -0.05) is 30.3 Å². The van der Waals surface area contributed by atoms with Crippen molar-refractivity contribution >= 4 is 27.5 Å². The number of benzene rings is 2. The van der Waals surface area contributed by atoms with Crippen molar-refractivity contribution in [1.82, 2.24) is 9.21 Å². The lowest BCUT2D eigenvalue weighted by atomic mass is 9.98. The van der Waals surface area contributed by atoms with Crippen molar-refractivity contribution in [3.05, 3.63) is 60.2 Å². The van der Waals surface area contributed by atoms with Crippen LogP contribution in [0.25, 0.3) is 0 Å². The molecule has 0 bridgehead atoms. The normalized spacial score (nSPS) is 19.8. The summed E-state index contributed by atoms with van der Waals surface area (Å²) in [6, 6.07) is 16.3. The Morgan fingerprint density at radius 3 is 2.41 bits per heavy atom. The Hall–Kier alpha value is -2.71. The van der Waals surface area contributed by atoms with Crippen LogP contribution in [0.4, 0.5) is 5.69 Å². The van der Waals surface area contributed by atoms with Crippen molar-refractivity contribution in [2.45, 2.75) is 37.1 Å². The molecule has 0 saturated carbocycles. The summed E-state index contributed by atoms with van der Waals surface area (Å²) in [5, 5.41) is 0. The zero-order chi connectivity index (χ0) is 22.7. The molecule has 0 radical (unpaired) electrons. The molecule has 2 aromatic carbocycles. The van der Waals surface area contributed by atoms with Gasteiger partial charge >= 0.3 is 0 Å². The Labute approximate surface area is 189 Å². The van der Waals surface area contributed by atoms with Gasteiger partial charge in [-0.25, -0.2) is 8.42 Å². The highest BCUT2D eigenvalue weighted by Gasteiger charge is 2.34. The van der Waals surface area contributed by atoms with E-state index in [0.29, 0.717) is 38.9 Å². The maximum Gasteiger partial charge on any atom is 0.243 e. The van der Waals surface area contributed by atoms with Crippen LogP contribution >= 0.6 is 0 Å². The first-order chi connectivity index (χ1) is 15.4. The van der Waals surface area contributed by atoms with Crippen molar-refractivity contribution in [2.75, 3.05) is 31.6 Å². The molecule has 2 heterocycles. The van der Waals surface area contributed by atoms with Gasteiger partial charge in [-0.05, 0) is 49.1 Å². The van der Waals surface area contributed by atoms with Crippen LogP contribution < -0.4 is 4.90 Å². The molecular weight excluding hydrogens is 426 g/mol. The molecule has 0 spiro atoms. The molecule has 0 aromatic heterocycles. The highest BCUT2D eigenvalue weighted by Crippen LogP contribution is 2.28. The van der Waals surface area contributed by atoms with E-state index in [1.165, 1.54) is 4.31 Å². The molecule has 8 heteroatoms. The molecule has 1 atom stereocenters. The lowest BCUT2D eigenvalue weighted by Crippen LogP contribution is -2.45. The zero-order valence-electron chi connectivity index (χ0n) is 18.3. The minimum Gasteiger partial charge on any atom is -0.341 e. The van der Waals surface area contributed by atoms with Gasteiger partial charge in [0.15, 0.2) is 0 Å². The Balaban J connectivity index is 1.43. The summed E-state index contributed by atoms with van der Waals surface area (Å²) in [6.45, 7) is 1.75. The monoisotopic (exact) mass is 455 g/mol. The number of anilines is 1. The van der Waals surface area contributed by atoms with Crippen LogP contribution in [0.1, 0.15) is 31.2 Å². The Morgan fingerprint density at radius 1 is 1.03 bits per heavy atom. The smallest absolute Gasteiger partial charge is 0.243 e.